The Morgan fingerprint density at radius 1 is 0.936 bits per heavy atom. The van der Waals surface area contributed by atoms with Crippen LogP contribution in [-0.2, 0) is 23.3 Å². The smallest absolute Gasteiger partial charge is 0.416 e. The first-order chi connectivity index (χ1) is 22.0. The van der Waals surface area contributed by atoms with Gasteiger partial charge in [0.2, 0.25) is 0 Å². The molecule has 1 aliphatic heterocycles. The van der Waals surface area contributed by atoms with Crippen molar-refractivity contribution in [2.24, 2.45) is 5.73 Å². The number of benzene rings is 2. The molecule has 3 atom stereocenters. The second-order valence-corrected chi connectivity index (χ2v) is 10.5. The van der Waals surface area contributed by atoms with Crippen LogP contribution in [0.5, 0.6) is 5.75 Å². The highest BCUT2D eigenvalue weighted by Gasteiger charge is 2.42. The van der Waals surface area contributed by atoms with Crippen molar-refractivity contribution in [1.82, 2.24) is 15.3 Å². The molecule has 0 fully saturated rings. The topological polar surface area (TPSA) is 103 Å². The number of aromatic nitrogens is 2. The van der Waals surface area contributed by atoms with Crippen molar-refractivity contribution in [2.45, 2.75) is 63.3 Å². The van der Waals surface area contributed by atoms with Crippen molar-refractivity contribution in [3.63, 3.8) is 0 Å². The zero-order valence-corrected chi connectivity index (χ0v) is 24.9. The fraction of sp³-hybridized carbons (Fsp3) is 0.433. The molecule has 256 valence electrons. The summed E-state index contributed by atoms with van der Waals surface area (Å²) in [7, 11) is 0. The minimum atomic E-state index is -5.19. The zero-order chi connectivity index (χ0) is 34.7. The monoisotopic (exact) mass is 679 g/mol. The maximum absolute atomic E-state index is 13.9. The highest BCUT2D eigenvalue weighted by Crippen LogP contribution is 2.44. The van der Waals surface area contributed by atoms with Crippen LogP contribution in [0.15, 0.2) is 48.8 Å². The molecule has 1 unspecified atom stereocenters. The first-order valence-electron chi connectivity index (χ1n) is 14.3. The summed E-state index contributed by atoms with van der Waals surface area (Å²) in [5.74, 6) is -0.195. The van der Waals surface area contributed by atoms with E-state index in [4.69, 9.17) is 15.2 Å². The molecule has 3 N–H and O–H groups in total. The average molecular weight is 680 g/mol. The molecule has 0 spiro atoms. The van der Waals surface area contributed by atoms with Gasteiger partial charge >= 0.3 is 24.6 Å². The van der Waals surface area contributed by atoms with Crippen molar-refractivity contribution >= 4 is 11.8 Å². The molecular formula is C30H30F9N5O3. The number of alkyl halides is 9. The molecule has 0 radical (unpaired) electrons. The second kappa shape index (κ2) is 13.9. The number of nitrogens with zero attached hydrogens (tertiary/aromatic N) is 3. The van der Waals surface area contributed by atoms with Crippen LogP contribution in [-0.4, -0.2) is 41.9 Å². The third-order valence-electron chi connectivity index (χ3n) is 7.40. The molecular weight excluding hydrogens is 649 g/mol. The molecule has 1 aliphatic rings. The van der Waals surface area contributed by atoms with E-state index in [2.05, 4.69) is 15.3 Å². The number of rotatable bonds is 9. The lowest BCUT2D eigenvalue weighted by Gasteiger charge is -2.41. The van der Waals surface area contributed by atoms with Crippen LogP contribution < -0.4 is 20.7 Å². The number of halogens is 9. The average Bonchev–Trinajstić information content (AvgIpc) is 3.00. The van der Waals surface area contributed by atoms with E-state index in [0.717, 1.165) is 30.6 Å². The first kappa shape index (κ1) is 35.7. The minimum absolute atomic E-state index is 0.0253. The molecule has 2 aromatic carbocycles. The Hall–Kier alpha value is -4.12. The summed E-state index contributed by atoms with van der Waals surface area (Å²) in [4.78, 5) is 22.4. The third-order valence-corrected chi connectivity index (χ3v) is 7.40. The SMILES string of the molecule is CCOC(=O)N1c2ccc(C(F)(F)F)cc2[C@@H](NC(c2cc(C(F)(F)F)cc(C(F)(F)F)c2)c2ncc(OCCN)cn2)C[C@H]1CC. The molecule has 0 saturated carbocycles. The van der Waals surface area contributed by atoms with Crippen LogP contribution in [0.3, 0.4) is 0 Å². The van der Waals surface area contributed by atoms with Crippen LogP contribution >= 0.6 is 0 Å². The number of anilines is 1. The number of hydrogen-bond donors (Lipinski definition) is 2. The van der Waals surface area contributed by atoms with E-state index < -0.39 is 65.0 Å². The number of nitrogens with one attached hydrogen (secondary N) is 1. The molecule has 47 heavy (non-hydrogen) atoms. The fourth-order valence-corrected chi connectivity index (χ4v) is 5.27. The summed E-state index contributed by atoms with van der Waals surface area (Å²) < 4.78 is 135. The number of nitrogens with two attached hydrogens (primary N) is 1. The minimum Gasteiger partial charge on any atom is -0.489 e. The van der Waals surface area contributed by atoms with Gasteiger partial charge in [0.25, 0.3) is 0 Å². The van der Waals surface area contributed by atoms with Crippen molar-refractivity contribution in [3.8, 4) is 5.75 Å². The first-order valence-corrected chi connectivity index (χ1v) is 14.3. The standard InChI is InChI=1S/C30H30F9N5O3/c1-3-20-13-23(22-12-17(28(31,32)33)5-6-24(22)44(20)27(45)46-4-2)43-25(26-41-14-21(15-42-26)47-8-7-40)16-9-18(29(34,35)36)11-19(10-16)30(37,38)39/h5-6,9-12,14-15,20,23,25,43H,3-4,7-8,13,40H2,1-2H3/t20-,23+,25?/m1/s1. The van der Waals surface area contributed by atoms with Crippen molar-refractivity contribution in [1.29, 1.82) is 0 Å². The van der Waals surface area contributed by atoms with Gasteiger partial charge in [-0.25, -0.2) is 14.8 Å². The van der Waals surface area contributed by atoms with E-state index in [9.17, 15) is 44.3 Å². The van der Waals surface area contributed by atoms with Gasteiger partial charge < -0.3 is 15.2 Å². The second-order valence-electron chi connectivity index (χ2n) is 10.5. The van der Waals surface area contributed by atoms with Crippen LogP contribution in [0.2, 0.25) is 0 Å². The molecule has 0 bridgehead atoms. The van der Waals surface area contributed by atoms with E-state index in [-0.39, 0.29) is 61.5 Å². The van der Waals surface area contributed by atoms with E-state index >= 15 is 0 Å². The molecule has 17 heteroatoms. The zero-order valence-electron chi connectivity index (χ0n) is 24.9. The van der Waals surface area contributed by atoms with Crippen molar-refractivity contribution < 1.29 is 53.8 Å². The quantitative estimate of drug-likeness (QED) is 0.227. The van der Waals surface area contributed by atoms with Gasteiger partial charge in [-0.3, -0.25) is 10.2 Å². The van der Waals surface area contributed by atoms with Gasteiger partial charge in [-0.05, 0) is 67.3 Å². The Morgan fingerprint density at radius 2 is 1.53 bits per heavy atom. The van der Waals surface area contributed by atoms with Gasteiger partial charge in [-0.2, -0.15) is 39.5 Å². The van der Waals surface area contributed by atoms with Crippen LogP contribution in [0.1, 0.15) is 72.4 Å². The fourth-order valence-electron chi connectivity index (χ4n) is 5.27. The number of carbonyl (C=O) groups is 1. The van der Waals surface area contributed by atoms with Crippen molar-refractivity contribution in [3.05, 3.63) is 82.4 Å². The lowest BCUT2D eigenvalue weighted by molar-refractivity contribution is -0.143. The molecule has 0 saturated heterocycles. The lowest BCUT2D eigenvalue weighted by atomic mass is 9.87. The molecule has 1 aromatic heterocycles. The number of carbonyl (C=O) groups excluding carboxylic acids is 1. The maximum atomic E-state index is 13.9. The van der Waals surface area contributed by atoms with Crippen molar-refractivity contribution in [2.75, 3.05) is 24.7 Å². The summed E-state index contributed by atoms with van der Waals surface area (Å²) >= 11 is 0. The summed E-state index contributed by atoms with van der Waals surface area (Å²) in [6, 6.07) is 0.128. The third kappa shape index (κ3) is 8.25. The Labute approximate surface area is 263 Å². The van der Waals surface area contributed by atoms with E-state index in [1.54, 1.807) is 13.8 Å². The summed E-state index contributed by atoms with van der Waals surface area (Å²) in [5.41, 5.74) is 0.483. The predicted octanol–water partition coefficient (Wildman–Crippen LogP) is 7.44. The molecule has 0 aliphatic carbocycles. The van der Waals surface area contributed by atoms with Crippen LogP contribution in [0, 0.1) is 0 Å². The summed E-state index contributed by atoms with van der Waals surface area (Å²) in [6.45, 7) is 3.39. The lowest BCUT2D eigenvalue weighted by Crippen LogP contribution is -2.47. The van der Waals surface area contributed by atoms with E-state index in [0.29, 0.717) is 12.1 Å². The Bertz CT molecular complexity index is 1510. The predicted molar refractivity (Wildman–Crippen MR) is 150 cm³/mol. The Morgan fingerprint density at radius 3 is 2.04 bits per heavy atom. The number of fused-ring (bicyclic) bond motifs is 1. The number of ether oxygens (including phenoxy) is 2. The van der Waals surface area contributed by atoms with Crippen LogP contribution in [0.4, 0.5) is 50.0 Å². The summed E-state index contributed by atoms with van der Waals surface area (Å²) in [6.07, 6.45) is -13.6. The van der Waals surface area contributed by atoms with Gasteiger partial charge in [-0.1, -0.05) is 6.92 Å². The van der Waals surface area contributed by atoms with E-state index in [1.165, 1.54) is 4.90 Å². The molecule has 2 heterocycles. The van der Waals surface area contributed by atoms with Gasteiger partial charge in [-0.15, -0.1) is 0 Å². The number of hydrogen-bond acceptors (Lipinski definition) is 7. The summed E-state index contributed by atoms with van der Waals surface area (Å²) in [5, 5.41) is 2.93. The Balaban J connectivity index is 1.92. The molecule has 3 aromatic rings. The molecule has 1 amide bonds. The molecule has 8 nitrogen and oxygen atoms in total. The molecule has 4 rings (SSSR count). The van der Waals surface area contributed by atoms with Gasteiger partial charge in [0, 0.05) is 18.6 Å². The highest BCUT2D eigenvalue weighted by atomic mass is 19.4. The van der Waals surface area contributed by atoms with Crippen LogP contribution in [0.25, 0.3) is 0 Å². The number of amides is 1. The van der Waals surface area contributed by atoms with E-state index in [1.807, 2.05) is 0 Å². The van der Waals surface area contributed by atoms with Gasteiger partial charge in [0.05, 0.1) is 47.4 Å². The normalized spacial score (nSPS) is 17.7. The van der Waals surface area contributed by atoms with Gasteiger partial charge in [0.1, 0.15) is 12.4 Å². The Kier molecular flexibility index (Phi) is 10.6. The maximum Gasteiger partial charge on any atom is 0.416 e. The van der Waals surface area contributed by atoms with Gasteiger partial charge in [0.15, 0.2) is 5.75 Å². The largest absolute Gasteiger partial charge is 0.489 e. The highest BCUT2D eigenvalue weighted by molar-refractivity contribution is 5.90.